The summed E-state index contributed by atoms with van der Waals surface area (Å²) in [5.41, 5.74) is -1.21. The van der Waals surface area contributed by atoms with Crippen LogP contribution in [0.4, 0.5) is 5.69 Å². The molecule has 0 saturated carbocycles. The molecule has 0 bridgehead atoms. The Kier molecular flexibility index (Phi) is 9.09. The number of ether oxygens (including phenoxy) is 5. The number of fused-ring (bicyclic) bond motifs is 2. The first kappa shape index (κ1) is 30.4. The van der Waals surface area contributed by atoms with Crippen LogP contribution in [0.25, 0.3) is 0 Å². The van der Waals surface area contributed by atoms with Gasteiger partial charge in [-0.15, -0.1) is 0 Å². The Balaban J connectivity index is 2.16. The van der Waals surface area contributed by atoms with Gasteiger partial charge in [-0.3, -0.25) is 14.5 Å². The van der Waals surface area contributed by atoms with Crippen LogP contribution in [0.1, 0.15) is 67.8 Å². The van der Waals surface area contributed by atoms with Crippen LogP contribution in [-0.4, -0.2) is 67.0 Å². The molecule has 1 aliphatic heterocycles. The fraction of sp³-hybridized carbons (Fsp3) is 0.448. The molecule has 40 heavy (non-hydrogen) atoms. The van der Waals surface area contributed by atoms with Crippen molar-refractivity contribution in [1.82, 2.24) is 0 Å². The molecule has 0 aliphatic carbocycles. The highest BCUT2D eigenvalue weighted by atomic mass is 16.6. The maximum atomic E-state index is 14.0. The van der Waals surface area contributed by atoms with E-state index in [1.807, 2.05) is 0 Å². The zero-order valence-corrected chi connectivity index (χ0v) is 23.8. The van der Waals surface area contributed by atoms with Gasteiger partial charge >= 0.3 is 17.9 Å². The van der Waals surface area contributed by atoms with Gasteiger partial charge in [0.1, 0.15) is 34.7 Å². The second kappa shape index (κ2) is 12.0. The maximum absolute atomic E-state index is 14.0. The van der Waals surface area contributed by atoms with Gasteiger partial charge in [-0.1, -0.05) is 6.07 Å². The lowest BCUT2D eigenvalue weighted by Gasteiger charge is -2.27. The van der Waals surface area contributed by atoms with Crippen LogP contribution in [0.3, 0.4) is 0 Å². The molecule has 0 saturated heterocycles. The number of hydrogen-bond donors (Lipinski definition) is 1. The zero-order chi connectivity index (χ0) is 29.8. The van der Waals surface area contributed by atoms with Crippen molar-refractivity contribution in [3.8, 4) is 17.2 Å². The Bertz CT molecular complexity index is 1300. The molecular weight excluding hydrogens is 522 g/mol. The van der Waals surface area contributed by atoms with Crippen LogP contribution in [0, 0.1) is 0 Å². The number of nitrogens with zero attached hydrogens (tertiary/aromatic N) is 1. The number of carbonyl (C=O) groups is 4. The summed E-state index contributed by atoms with van der Waals surface area (Å²) in [5.74, 6) is -3.62. The van der Waals surface area contributed by atoms with Crippen LogP contribution < -0.4 is 14.4 Å². The van der Waals surface area contributed by atoms with Crippen LogP contribution in [0.15, 0.2) is 30.3 Å². The molecule has 0 radical (unpaired) electrons. The average Bonchev–Trinajstić information content (AvgIpc) is 2.93. The molecule has 216 valence electrons. The van der Waals surface area contributed by atoms with Crippen molar-refractivity contribution in [2.75, 3.05) is 31.8 Å². The van der Waals surface area contributed by atoms with Gasteiger partial charge in [0.05, 0.1) is 12.2 Å². The predicted octanol–water partition coefficient (Wildman–Crippen LogP) is 4.39. The molecule has 0 fully saturated rings. The minimum absolute atomic E-state index is 0.0458. The van der Waals surface area contributed by atoms with E-state index in [0.717, 1.165) is 10.5 Å². The Morgan fingerprint density at radius 1 is 0.925 bits per heavy atom. The van der Waals surface area contributed by atoms with Crippen molar-refractivity contribution in [1.29, 1.82) is 0 Å². The third kappa shape index (κ3) is 7.72. The number of carboxylic acid groups (broad SMARTS) is 1. The van der Waals surface area contributed by atoms with E-state index in [4.69, 9.17) is 23.7 Å². The minimum Gasteiger partial charge on any atom is -0.479 e. The van der Waals surface area contributed by atoms with Gasteiger partial charge in [0.15, 0.2) is 18.1 Å². The number of carbonyl (C=O) groups excluding carboxylic acids is 3. The number of carboxylic acids is 1. The predicted molar refractivity (Wildman–Crippen MR) is 144 cm³/mol. The standard InChI is InChI=1S/C29H35NO10/c1-28(2,3)39-22(31)15-30-24-21(38-20-10-8-17(12-13-36-7)14-19(20)26(30)33)11-9-18(27(34)35)25(24)37-16-23(32)40-29(4,5)6/h8-11,14H,12-13,15-16H2,1-7H3,(H,34,35). The summed E-state index contributed by atoms with van der Waals surface area (Å²) in [6.07, 6.45) is 0.517. The van der Waals surface area contributed by atoms with E-state index >= 15 is 0 Å². The van der Waals surface area contributed by atoms with E-state index in [9.17, 15) is 24.3 Å². The van der Waals surface area contributed by atoms with Gasteiger partial charge in [-0.2, -0.15) is 0 Å². The van der Waals surface area contributed by atoms with Gasteiger partial charge < -0.3 is 28.8 Å². The minimum atomic E-state index is -1.38. The van der Waals surface area contributed by atoms with Gasteiger partial charge in [0.2, 0.25) is 0 Å². The highest BCUT2D eigenvalue weighted by Gasteiger charge is 2.36. The normalized spacial score (nSPS) is 13.0. The van der Waals surface area contributed by atoms with E-state index in [2.05, 4.69) is 0 Å². The molecule has 2 aromatic carbocycles. The first-order valence-electron chi connectivity index (χ1n) is 12.7. The first-order chi connectivity index (χ1) is 18.6. The van der Waals surface area contributed by atoms with Gasteiger partial charge in [0.25, 0.3) is 5.91 Å². The van der Waals surface area contributed by atoms with Crippen molar-refractivity contribution < 1.29 is 48.0 Å². The third-order valence-corrected chi connectivity index (χ3v) is 5.39. The van der Waals surface area contributed by atoms with Gasteiger partial charge in [0, 0.05) is 7.11 Å². The lowest BCUT2D eigenvalue weighted by molar-refractivity contribution is -0.157. The van der Waals surface area contributed by atoms with E-state index in [1.165, 1.54) is 12.1 Å². The summed E-state index contributed by atoms with van der Waals surface area (Å²) >= 11 is 0. The Morgan fingerprint density at radius 3 is 2.15 bits per heavy atom. The summed E-state index contributed by atoms with van der Waals surface area (Å²) in [6, 6.07) is 7.62. The molecule has 1 amide bonds. The number of rotatable bonds is 9. The molecule has 0 atom stereocenters. The topological polar surface area (TPSA) is 138 Å². The number of anilines is 1. The van der Waals surface area contributed by atoms with E-state index in [1.54, 1.807) is 66.9 Å². The number of hydrogen-bond acceptors (Lipinski definition) is 9. The second-order valence-corrected chi connectivity index (χ2v) is 11.1. The Labute approximate surface area is 232 Å². The molecular formula is C29H35NO10. The molecule has 3 rings (SSSR count). The lowest BCUT2D eigenvalue weighted by atomic mass is 10.1. The van der Waals surface area contributed by atoms with Crippen LogP contribution in [0.2, 0.25) is 0 Å². The largest absolute Gasteiger partial charge is 0.479 e. The number of aromatic carboxylic acids is 1. The van der Waals surface area contributed by atoms with Crippen molar-refractivity contribution in [3.05, 3.63) is 47.0 Å². The number of benzene rings is 2. The summed E-state index contributed by atoms with van der Waals surface area (Å²) < 4.78 is 27.7. The van der Waals surface area contributed by atoms with Crippen molar-refractivity contribution in [3.63, 3.8) is 0 Å². The highest BCUT2D eigenvalue weighted by molar-refractivity contribution is 6.13. The van der Waals surface area contributed by atoms with E-state index < -0.39 is 48.2 Å². The lowest BCUT2D eigenvalue weighted by Crippen LogP contribution is -2.39. The van der Waals surface area contributed by atoms with Gasteiger partial charge in [-0.05, 0) is 77.8 Å². The quantitative estimate of drug-likeness (QED) is 0.442. The number of amides is 1. The van der Waals surface area contributed by atoms with Crippen LogP contribution in [-0.2, 0) is 30.2 Å². The van der Waals surface area contributed by atoms with Crippen molar-refractivity contribution in [2.45, 2.75) is 59.2 Å². The van der Waals surface area contributed by atoms with Gasteiger partial charge in [-0.25, -0.2) is 9.59 Å². The molecule has 11 heteroatoms. The molecule has 0 unspecified atom stereocenters. The fourth-order valence-corrected chi connectivity index (χ4v) is 3.94. The third-order valence-electron chi connectivity index (χ3n) is 5.39. The Hall–Kier alpha value is -4.12. The summed E-state index contributed by atoms with van der Waals surface area (Å²) in [4.78, 5) is 52.6. The average molecular weight is 558 g/mol. The van der Waals surface area contributed by atoms with Crippen molar-refractivity contribution >= 4 is 29.5 Å². The second-order valence-electron chi connectivity index (χ2n) is 11.1. The van der Waals surface area contributed by atoms with Crippen LogP contribution >= 0.6 is 0 Å². The Morgan fingerprint density at radius 2 is 1.55 bits per heavy atom. The number of esters is 2. The molecule has 11 nitrogen and oxygen atoms in total. The molecule has 0 aromatic heterocycles. The van der Waals surface area contributed by atoms with E-state index in [-0.39, 0.29) is 34.1 Å². The van der Waals surface area contributed by atoms with Crippen LogP contribution in [0.5, 0.6) is 17.2 Å². The molecule has 0 spiro atoms. The monoisotopic (exact) mass is 557 g/mol. The molecule has 2 aromatic rings. The van der Waals surface area contributed by atoms with Crippen molar-refractivity contribution in [2.24, 2.45) is 0 Å². The zero-order valence-electron chi connectivity index (χ0n) is 23.8. The SMILES string of the molecule is COCCc1ccc2c(c1)C(=O)N(CC(=O)OC(C)(C)C)c1c(ccc(C(=O)O)c1OCC(=O)OC(C)(C)C)O2. The summed E-state index contributed by atoms with van der Waals surface area (Å²) in [6.45, 7) is 9.25. The number of methoxy groups -OCH3 is 1. The highest BCUT2D eigenvalue weighted by Crippen LogP contribution is 2.46. The molecule has 1 heterocycles. The van der Waals surface area contributed by atoms with E-state index in [0.29, 0.717) is 13.0 Å². The molecule has 1 aliphatic rings. The first-order valence-corrected chi connectivity index (χ1v) is 12.7. The maximum Gasteiger partial charge on any atom is 0.344 e. The fourth-order valence-electron chi connectivity index (χ4n) is 3.94. The summed E-state index contributed by atoms with van der Waals surface area (Å²) in [7, 11) is 1.57. The molecule has 1 N–H and O–H groups in total. The summed E-state index contributed by atoms with van der Waals surface area (Å²) in [5, 5.41) is 9.92. The smallest absolute Gasteiger partial charge is 0.344 e.